The molecule has 3 heterocycles. The Morgan fingerprint density at radius 1 is 0.265 bits per heavy atom. The van der Waals surface area contributed by atoms with Crippen LogP contribution in [0.4, 0.5) is 0 Å². The molecule has 8 bridgehead atoms. The fourth-order valence-corrected chi connectivity index (χ4v) is 23.7. The van der Waals surface area contributed by atoms with E-state index in [1.165, 1.54) is 131 Å². The third-order valence-electron chi connectivity index (χ3n) is 27.3. The number of benzene rings is 11. The van der Waals surface area contributed by atoms with Gasteiger partial charge < -0.3 is 4.57 Å². The lowest BCUT2D eigenvalue weighted by molar-refractivity contribution is -0.0399. The van der Waals surface area contributed by atoms with Gasteiger partial charge in [-0.25, -0.2) is 29.9 Å². The summed E-state index contributed by atoms with van der Waals surface area (Å²) in [7, 11) is 0. The summed E-state index contributed by atoms with van der Waals surface area (Å²) in [4.78, 5) is 33.2. The molecule has 11 aliphatic carbocycles. The zero-order valence-corrected chi connectivity index (χ0v) is 57.5. The second-order valence-electron chi connectivity index (χ2n) is 32.5. The summed E-state index contributed by atoms with van der Waals surface area (Å²) in [6.45, 7) is 4.69. The summed E-state index contributed by atoms with van der Waals surface area (Å²) in [5.74, 6) is 10.2. The zero-order chi connectivity index (χ0) is 66.9. The van der Waals surface area contributed by atoms with Crippen LogP contribution in [0.1, 0.15) is 111 Å². The lowest BCUT2D eigenvalue weighted by Crippen LogP contribution is -2.55. The Labute approximate surface area is 595 Å². The topological polar surface area (TPSA) is 82.3 Å². The Morgan fingerprint density at radius 3 is 1.24 bits per heavy atom. The van der Waals surface area contributed by atoms with Crippen molar-refractivity contribution in [2.45, 2.75) is 94.3 Å². The van der Waals surface area contributed by atoms with Gasteiger partial charge in [-0.1, -0.05) is 220 Å². The van der Waals surface area contributed by atoms with Crippen molar-refractivity contribution in [2.24, 2.45) is 47.3 Å². The molecule has 11 aliphatic rings. The summed E-state index contributed by atoms with van der Waals surface area (Å²) < 4.78 is 2.37. The van der Waals surface area contributed by atoms with Crippen LogP contribution in [0.25, 0.3) is 140 Å². The van der Waals surface area contributed by atoms with Crippen LogP contribution in [0.2, 0.25) is 0 Å². The number of hydrogen-bond acceptors (Lipinski definition) is 6. The van der Waals surface area contributed by atoms with Crippen molar-refractivity contribution < 1.29 is 0 Å². The highest BCUT2D eigenvalue weighted by Gasteiger charge is 2.63. The number of hydrogen-bond donors (Lipinski definition) is 0. The fourth-order valence-electron chi connectivity index (χ4n) is 23.7. The Hall–Kier alpha value is -10.8. The zero-order valence-electron chi connectivity index (χ0n) is 57.5. The number of aromatic nitrogens is 7. The highest BCUT2D eigenvalue weighted by molar-refractivity contribution is 6.10. The van der Waals surface area contributed by atoms with Crippen LogP contribution < -0.4 is 0 Å². The van der Waals surface area contributed by atoms with Gasteiger partial charge in [-0.15, -0.1) is 0 Å². The van der Waals surface area contributed by atoms with Crippen LogP contribution in [0.5, 0.6) is 0 Å². The van der Waals surface area contributed by atoms with Crippen molar-refractivity contribution in [3.8, 4) is 119 Å². The smallest absolute Gasteiger partial charge is 0.164 e. The average molecular weight is 1310 g/mol. The molecular weight excluding hydrogens is 1240 g/mol. The number of nitrogens with zero attached hydrogens (tertiary/aromatic N) is 7. The molecule has 0 N–H and O–H groups in total. The molecule has 0 saturated heterocycles. The van der Waals surface area contributed by atoms with E-state index in [-0.39, 0.29) is 16.2 Å². The fraction of sp³-hybridized carbons (Fsp3) is 0.242. The van der Waals surface area contributed by atoms with Gasteiger partial charge in [0.25, 0.3) is 0 Å². The third-order valence-corrected chi connectivity index (χ3v) is 27.3. The van der Waals surface area contributed by atoms with Gasteiger partial charge in [-0.3, -0.25) is 0 Å². The molecule has 2 spiro atoms. The first-order valence-corrected chi connectivity index (χ1v) is 37.8. The SMILES string of the molecule is CC1(C)c2ccccc2-c2c(-c3nc(-c4ccc(-c5ccc(-c6nc(-c7ccc8c(c7)c7ccccc7n8-c7ccccc7)nc(-c7cccc8c7-c7ccccc7C87C8CC9CC(C8)CC7C9)n6)cc5)cc4)nc(-c4ccc5c(c4)-c4ccccc4C54C5CC6CC(C5)CC4C6)n3)cccc21. The lowest BCUT2D eigenvalue weighted by atomic mass is 9.43. The molecule has 0 atom stereocenters. The minimum absolute atomic E-state index is 0.0127. The first-order chi connectivity index (χ1) is 50.2. The van der Waals surface area contributed by atoms with Crippen LogP contribution in [0.15, 0.2) is 249 Å². The van der Waals surface area contributed by atoms with E-state index in [9.17, 15) is 0 Å². The van der Waals surface area contributed by atoms with Crippen LogP contribution in [-0.2, 0) is 16.2 Å². The molecule has 14 aromatic rings. The van der Waals surface area contributed by atoms with E-state index < -0.39 is 0 Å². The largest absolute Gasteiger partial charge is 0.309 e. The van der Waals surface area contributed by atoms with Crippen LogP contribution >= 0.6 is 0 Å². The van der Waals surface area contributed by atoms with E-state index >= 15 is 0 Å². The molecule has 25 rings (SSSR count). The number of fused-ring (bicyclic) bond motifs is 12. The van der Waals surface area contributed by atoms with Crippen LogP contribution in [0, 0.1) is 47.3 Å². The summed E-state index contributed by atoms with van der Waals surface area (Å²) in [6, 6.07) is 92.6. The first kappa shape index (κ1) is 57.9. The molecule has 0 aliphatic heterocycles. The molecule has 8 fully saturated rings. The van der Waals surface area contributed by atoms with E-state index in [0.29, 0.717) is 58.6 Å². The third kappa shape index (κ3) is 7.97. The van der Waals surface area contributed by atoms with Gasteiger partial charge >= 0.3 is 0 Å². The Balaban J connectivity index is 0.638. The normalized spacial score (nSPS) is 24.9. The van der Waals surface area contributed by atoms with Crippen molar-refractivity contribution in [3.05, 3.63) is 282 Å². The molecule has 3 aromatic heterocycles. The van der Waals surface area contributed by atoms with E-state index in [1.54, 1.807) is 5.56 Å². The van der Waals surface area contributed by atoms with E-state index in [1.807, 2.05) is 0 Å². The second-order valence-corrected chi connectivity index (χ2v) is 32.5. The Bertz CT molecular complexity index is 5840. The maximum Gasteiger partial charge on any atom is 0.164 e. The van der Waals surface area contributed by atoms with Crippen LogP contribution in [-0.4, -0.2) is 34.5 Å². The van der Waals surface area contributed by atoms with Gasteiger partial charge in [0.1, 0.15) is 0 Å². The lowest BCUT2D eigenvalue weighted by Gasteiger charge is -2.61. The van der Waals surface area contributed by atoms with Gasteiger partial charge in [-0.05, 0) is 232 Å². The molecule has 0 unspecified atom stereocenters. The summed E-state index contributed by atoms with van der Waals surface area (Å²) >= 11 is 0. The quantitative estimate of drug-likeness (QED) is 0.151. The molecule has 0 radical (unpaired) electrons. The Kier molecular flexibility index (Phi) is 12.0. The van der Waals surface area contributed by atoms with E-state index in [0.717, 1.165) is 90.3 Å². The monoisotopic (exact) mass is 1310 g/mol. The molecule has 7 heteroatoms. The van der Waals surface area contributed by atoms with Crippen molar-refractivity contribution in [3.63, 3.8) is 0 Å². The minimum atomic E-state index is -0.177. The molecule has 11 aromatic carbocycles. The maximum absolute atomic E-state index is 5.61. The predicted octanol–water partition coefficient (Wildman–Crippen LogP) is 22.6. The van der Waals surface area contributed by atoms with E-state index in [2.05, 4.69) is 267 Å². The van der Waals surface area contributed by atoms with Gasteiger partial charge in [0.2, 0.25) is 0 Å². The Morgan fingerprint density at radius 2 is 0.647 bits per heavy atom. The first-order valence-electron chi connectivity index (χ1n) is 37.8. The van der Waals surface area contributed by atoms with Gasteiger partial charge in [0, 0.05) is 66.1 Å². The second kappa shape index (κ2) is 21.2. The average Bonchev–Trinajstić information content (AvgIpc) is 1.49. The van der Waals surface area contributed by atoms with Crippen LogP contribution in [0.3, 0.4) is 0 Å². The number of rotatable bonds is 8. The molecule has 102 heavy (non-hydrogen) atoms. The molecular formula is C95H75N7. The van der Waals surface area contributed by atoms with Gasteiger partial charge in [0.05, 0.1) is 11.0 Å². The van der Waals surface area contributed by atoms with Gasteiger partial charge in [0.15, 0.2) is 34.9 Å². The van der Waals surface area contributed by atoms with Crippen molar-refractivity contribution in [1.29, 1.82) is 0 Å². The number of para-hydroxylation sites is 2. The highest BCUT2D eigenvalue weighted by Crippen LogP contribution is 2.72. The van der Waals surface area contributed by atoms with E-state index in [4.69, 9.17) is 29.9 Å². The molecule has 7 nitrogen and oxygen atoms in total. The standard InChI is InChI=1S/C95H75N7/c1-93(2)77-24-10-7-20-71(77)85-73(22-14-27-81(85)93)91-98-87(96-89(100-91)62-38-40-80-75(52-62)69-18-6-11-25-78(69)94(80)64-44-54-42-55(46-64)47-65(94)45-54)60-34-30-58(31-35-60)59-32-36-61(37-33-59)88-97-90(63-39-41-84-76(53-63)70-19-9-13-29-83(70)102(84)68-16-4-3-5-17-68)101-92(99-88)74-23-15-28-82-86(74)72-21-8-12-26-79(72)95(82)66-48-56-43-57(50-66)51-67(95)49-56/h3-41,52-57,64-67H,42-51H2,1-2H3. The predicted molar refractivity (Wildman–Crippen MR) is 410 cm³/mol. The summed E-state index contributed by atoms with van der Waals surface area (Å²) in [6.07, 6.45) is 13.6. The highest BCUT2D eigenvalue weighted by atomic mass is 15.0. The van der Waals surface area contributed by atoms with Crippen molar-refractivity contribution in [1.82, 2.24) is 34.5 Å². The summed E-state index contributed by atoms with van der Waals surface area (Å²) in [5, 5.41) is 2.35. The molecule has 490 valence electrons. The van der Waals surface area contributed by atoms with Crippen molar-refractivity contribution in [2.75, 3.05) is 0 Å². The molecule has 0 amide bonds. The maximum atomic E-state index is 5.61. The minimum Gasteiger partial charge on any atom is -0.309 e. The van der Waals surface area contributed by atoms with Gasteiger partial charge in [-0.2, -0.15) is 0 Å². The molecule has 8 saturated carbocycles. The van der Waals surface area contributed by atoms with Crippen molar-refractivity contribution >= 4 is 21.8 Å². The summed E-state index contributed by atoms with van der Waals surface area (Å²) in [5.41, 5.74) is 28.1.